The average molecular weight is 417 g/mol. The number of benzene rings is 2. The Morgan fingerprint density at radius 2 is 2.03 bits per heavy atom. The maximum Gasteiger partial charge on any atom is 0.220 e. The molecule has 156 valence electrons. The standard InChI is InChI=1S/C23H29ClN2O3/c1-17(2)19-8-6-18(7-9-19)14-26-10-11-29-23(15-26,13-22(25)27)16-28-21-5-3-4-20(24)12-21/h3-9,12,17H,10-11,13-16H2,1-2H3,(H2,25,27)/t23-/m0/s1. The summed E-state index contributed by atoms with van der Waals surface area (Å²) in [7, 11) is 0. The van der Waals surface area contributed by atoms with Crippen LogP contribution in [0.25, 0.3) is 0 Å². The number of carbonyl (C=O) groups is 1. The summed E-state index contributed by atoms with van der Waals surface area (Å²) in [5, 5.41) is 0.600. The number of primary amides is 1. The van der Waals surface area contributed by atoms with Crippen LogP contribution in [0, 0.1) is 0 Å². The maximum atomic E-state index is 11.8. The van der Waals surface area contributed by atoms with Gasteiger partial charge in [-0.2, -0.15) is 0 Å². The van der Waals surface area contributed by atoms with Gasteiger partial charge in [0.05, 0.1) is 13.0 Å². The average Bonchev–Trinajstić information content (AvgIpc) is 2.67. The predicted octanol–water partition coefficient (Wildman–Crippen LogP) is 3.99. The second-order valence-corrected chi connectivity index (χ2v) is 8.46. The minimum atomic E-state index is -0.774. The van der Waals surface area contributed by atoms with Gasteiger partial charge in [0.25, 0.3) is 0 Å². The Morgan fingerprint density at radius 3 is 2.69 bits per heavy atom. The Labute approximate surface area is 177 Å². The zero-order chi connectivity index (χ0) is 20.9. The third kappa shape index (κ3) is 6.20. The van der Waals surface area contributed by atoms with Gasteiger partial charge in [-0.3, -0.25) is 9.69 Å². The Kier molecular flexibility index (Phi) is 7.17. The SMILES string of the molecule is CC(C)c1ccc(CN2CCO[C@@](COc3cccc(Cl)c3)(CC(N)=O)C2)cc1. The van der Waals surface area contributed by atoms with Gasteiger partial charge in [-0.15, -0.1) is 0 Å². The Balaban J connectivity index is 1.68. The summed E-state index contributed by atoms with van der Waals surface area (Å²) in [6.07, 6.45) is 0.107. The first-order chi connectivity index (χ1) is 13.8. The molecule has 1 saturated heterocycles. The van der Waals surface area contributed by atoms with Crippen LogP contribution in [0.1, 0.15) is 37.3 Å². The van der Waals surface area contributed by atoms with Crippen LogP contribution in [0.4, 0.5) is 0 Å². The number of nitrogens with zero attached hydrogens (tertiary/aromatic N) is 1. The maximum absolute atomic E-state index is 11.8. The second-order valence-electron chi connectivity index (χ2n) is 8.03. The molecular formula is C23H29ClN2O3. The molecule has 0 spiro atoms. The van der Waals surface area contributed by atoms with Crippen molar-refractivity contribution in [2.45, 2.75) is 38.3 Å². The number of halogens is 1. The molecule has 1 aliphatic heterocycles. The van der Waals surface area contributed by atoms with E-state index < -0.39 is 11.5 Å². The van der Waals surface area contributed by atoms with Gasteiger partial charge < -0.3 is 15.2 Å². The van der Waals surface area contributed by atoms with Crippen molar-refractivity contribution >= 4 is 17.5 Å². The van der Waals surface area contributed by atoms with Crippen LogP contribution in [0.3, 0.4) is 0 Å². The van der Waals surface area contributed by atoms with E-state index in [2.05, 4.69) is 43.0 Å². The van der Waals surface area contributed by atoms with Crippen LogP contribution >= 0.6 is 11.6 Å². The normalized spacial score (nSPS) is 20.0. The minimum absolute atomic E-state index is 0.107. The molecule has 2 aromatic carbocycles. The lowest BCUT2D eigenvalue weighted by Crippen LogP contribution is -2.56. The van der Waals surface area contributed by atoms with Gasteiger partial charge in [-0.25, -0.2) is 0 Å². The third-order valence-electron chi connectivity index (χ3n) is 5.17. The van der Waals surface area contributed by atoms with Crippen molar-refractivity contribution in [3.05, 3.63) is 64.7 Å². The van der Waals surface area contributed by atoms with Gasteiger partial charge in [0.15, 0.2) is 0 Å². The van der Waals surface area contributed by atoms with Crippen molar-refractivity contribution in [3.63, 3.8) is 0 Å². The number of hydrogen-bond donors (Lipinski definition) is 1. The fourth-order valence-corrected chi connectivity index (χ4v) is 3.84. The molecule has 0 aromatic heterocycles. The lowest BCUT2D eigenvalue weighted by Gasteiger charge is -2.42. The van der Waals surface area contributed by atoms with E-state index >= 15 is 0 Å². The minimum Gasteiger partial charge on any atom is -0.490 e. The summed E-state index contributed by atoms with van der Waals surface area (Å²) in [5.41, 5.74) is 7.32. The molecule has 1 heterocycles. The van der Waals surface area contributed by atoms with Crippen LogP contribution in [0.2, 0.25) is 5.02 Å². The molecule has 0 radical (unpaired) electrons. The topological polar surface area (TPSA) is 64.8 Å². The summed E-state index contributed by atoms with van der Waals surface area (Å²) < 4.78 is 12.0. The van der Waals surface area contributed by atoms with Crippen molar-refractivity contribution in [1.29, 1.82) is 0 Å². The van der Waals surface area contributed by atoms with Gasteiger partial charge in [0.2, 0.25) is 5.91 Å². The summed E-state index contributed by atoms with van der Waals surface area (Å²) in [5.74, 6) is 0.758. The van der Waals surface area contributed by atoms with Crippen molar-refractivity contribution in [1.82, 2.24) is 4.90 Å². The molecule has 3 rings (SSSR count). The van der Waals surface area contributed by atoms with Crippen molar-refractivity contribution in [2.24, 2.45) is 5.73 Å². The van der Waals surface area contributed by atoms with E-state index in [0.29, 0.717) is 29.8 Å². The van der Waals surface area contributed by atoms with Gasteiger partial charge in [0.1, 0.15) is 18.0 Å². The molecule has 2 aromatic rings. The molecular weight excluding hydrogens is 388 g/mol. The number of hydrogen-bond acceptors (Lipinski definition) is 4. The highest BCUT2D eigenvalue weighted by atomic mass is 35.5. The van der Waals surface area contributed by atoms with E-state index in [4.69, 9.17) is 26.8 Å². The van der Waals surface area contributed by atoms with E-state index in [-0.39, 0.29) is 13.0 Å². The molecule has 2 N–H and O–H groups in total. The molecule has 6 heteroatoms. The van der Waals surface area contributed by atoms with E-state index in [1.54, 1.807) is 12.1 Å². The highest BCUT2D eigenvalue weighted by molar-refractivity contribution is 6.30. The number of nitrogens with two attached hydrogens (primary N) is 1. The summed E-state index contributed by atoms with van der Waals surface area (Å²) in [6.45, 7) is 7.30. The van der Waals surface area contributed by atoms with Gasteiger partial charge in [-0.05, 0) is 35.2 Å². The first-order valence-electron chi connectivity index (χ1n) is 9.97. The third-order valence-corrected chi connectivity index (χ3v) is 5.41. The fourth-order valence-electron chi connectivity index (χ4n) is 3.66. The lowest BCUT2D eigenvalue weighted by molar-refractivity contribution is -0.148. The summed E-state index contributed by atoms with van der Waals surface area (Å²) >= 11 is 6.04. The molecule has 29 heavy (non-hydrogen) atoms. The summed E-state index contributed by atoms with van der Waals surface area (Å²) in [4.78, 5) is 14.0. The van der Waals surface area contributed by atoms with Gasteiger partial charge in [-0.1, -0.05) is 55.8 Å². The molecule has 0 aliphatic carbocycles. The number of ether oxygens (including phenoxy) is 2. The molecule has 0 unspecified atom stereocenters. The largest absolute Gasteiger partial charge is 0.490 e. The van der Waals surface area contributed by atoms with Gasteiger partial charge >= 0.3 is 0 Å². The smallest absolute Gasteiger partial charge is 0.220 e. The zero-order valence-electron chi connectivity index (χ0n) is 17.1. The predicted molar refractivity (Wildman–Crippen MR) is 115 cm³/mol. The first-order valence-corrected chi connectivity index (χ1v) is 10.3. The monoisotopic (exact) mass is 416 g/mol. The van der Waals surface area contributed by atoms with Crippen LogP contribution in [0.5, 0.6) is 5.75 Å². The molecule has 1 aliphatic rings. The number of morpholine rings is 1. The molecule has 1 fully saturated rings. The Bertz CT molecular complexity index is 825. The summed E-state index contributed by atoms with van der Waals surface area (Å²) in [6, 6.07) is 15.9. The van der Waals surface area contributed by atoms with Crippen molar-refractivity contribution < 1.29 is 14.3 Å². The van der Waals surface area contributed by atoms with E-state index in [0.717, 1.165) is 13.1 Å². The molecule has 1 atom stereocenters. The van der Waals surface area contributed by atoms with Crippen molar-refractivity contribution in [3.8, 4) is 5.75 Å². The quantitative estimate of drug-likeness (QED) is 0.706. The lowest BCUT2D eigenvalue weighted by atomic mass is 9.96. The number of rotatable bonds is 8. The second kappa shape index (κ2) is 9.61. The highest BCUT2D eigenvalue weighted by Gasteiger charge is 2.39. The molecule has 5 nitrogen and oxygen atoms in total. The van der Waals surface area contributed by atoms with Crippen molar-refractivity contribution in [2.75, 3.05) is 26.3 Å². The van der Waals surface area contributed by atoms with E-state index in [9.17, 15) is 4.79 Å². The van der Waals surface area contributed by atoms with Crippen LogP contribution in [-0.2, 0) is 16.1 Å². The molecule has 1 amide bonds. The van der Waals surface area contributed by atoms with Crippen LogP contribution in [0.15, 0.2) is 48.5 Å². The van der Waals surface area contributed by atoms with E-state index in [1.807, 2.05) is 12.1 Å². The van der Waals surface area contributed by atoms with E-state index in [1.165, 1.54) is 11.1 Å². The first kappa shape index (κ1) is 21.6. The van der Waals surface area contributed by atoms with Crippen LogP contribution < -0.4 is 10.5 Å². The van der Waals surface area contributed by atoms with Gasteiger partial charge in [0, 0.05) is 24.7 Å². The fraction of sp³-hybridized carbons (Fsp3) is 0.435. The Hall–Kier alpha value is -2.08. The number of carbonyl (C=O) groups excluding carboxylic acids is 1. The highest BCUT2D eigenvalue weighted by Crippen LogP contribution is 2.26. The molecule has 0 saturated carbocycles. The zero-order valence-corrected chi connectivity index (χ0v) is 17.8. The van der Waals surface area contributed by atoms with Crippen LogP contribution in [-0.4, -0.2) is 42.7 Å². The Morgan fingerprint density at radius 1 is 1.28 bits per heavy atom. The number of amides is 1. The molecule has 0 bridgehead atoms.